The molecule has 0 saturated heterocycles. The summed E-state index contributed by atoms with van der Waals surface area (Å²) in [7, 11) is 0. The van der Waals surface area contributed by atoms with Gasteiger partial charge < -0.3 is 15.6 Å². The molecule has 176 valence electrons. The minimum absolute atomic E-state index is 0. The SMILES string of the molecule is Cc1cnc(NCC(F)(F)c2ccccn2)c(=O)n1CC(=O)NCc1ccc2[nH]ccc2n1.[HH].[HH].[HH]. The first-order valence-electron chi connectivity index (χ1n) is 10.1. The van der Waals surface area contributed by atoms with Crippen molar-refractivity contribution >= 4 is 22.8 Å². The number of carbonyl (C=O) groups is 1. The molecule has 0 unspecified atom stereocenters. The molecule has 4 heterocycles. The minimum Gasteiger partial charge on any atom is -0.360 e. The van der Waals surface area contributed by atoms with Crippen LogP contribution in [0, 0.1) is 6.92 Å². The molecular weight excluding hydrogens is 432 g/mol. The third-order valence-corrected chi connectivity index (χ3v) is 5.00. The number of carbonyl (C=O) groups excluding carboxylic acids is 1. The first-order chi connectivity index (χ1) is 15.8. The molecule has 0 aliphatic carbocycles. The van der Waals surface area contributed by atoms with Gasteiger partial charge in [-0.25, -0.2) is 9.97 Å². The average molecular weight is 460 g/mol. The molecule has 33 heavy (non-hydrogen) atoms. The van der Waals surface area contributed by atoms with E-state index in [0.717, 1.165) is 11.0 Å². The lowest BCUT2D eigenvalue weighted by Gasteiger charge is -2.17. The highest BCUT2D eigenvalue weighted by Crippen LogP contribution is 2.25. The van der Waals surface area contributed by atoms with Crippen LogP contribution >= 0.6 is 0 Å². The maximum Gasteiger partial charge on any atom is 0.306 e. The van der Waals surface area contributed by atoms with Crippen LogP contribution < -0.4 is 16.2 Å². The van der Waals surface area contributed by atoms with Crippen LogP contribution in [-0.4, -0.2) is 37.0 Å². The topological polar surface area (TPSA) is 118 Å². The Hall–Kier alpha value is -4.15. The summed E-state index contributed by atoms with van der Waals surface area (Å²) in [5.74, 6) is -4.01. The molecule has 0 fully saturated rings. The Bertz CT molecular complexity index is 1350. The smallest absolute Gasteiger partial charge is 0.306 e. The van der Waals surface area contributed by atoms with E-state index in [0.29, 0.717) is 11.4 Å². The first-order valence-corrected chi connectivity index (χ1v) is 10.1. The number of nitrogens with one attached hydrogen (secondary N) is 3. The van der Waals surface area contributed by atoms with Gasteiger partial charge in [0.2, 0.25) is 5.91 Å². The van der Waals surface area contributed by atoms with Crippen LogP contribution in [0.4, 0.5) is 14.6 Å². The predicted octanol–water partition coefficient (Wildman–Crippen LogP) is 3.08. The van der Waals surface area contributed by atoms with Gasteiger partial charge in [0.05, 0.1) is 29.8 Å². The Morgan fingerprint density at radius 1 is 1.21 bits per heavy atom. The highest BCUT2D eigenvalue weighted by atomic mass is 19.3. The van der Waals surface area contributed by atoms with E-state index < -0.39 is 29.6 Å². The largest absolute Gasteiger partial charge is 0.360 e. The Kier molecular flexibility index (Phi) is 6.11. The molecule has 0 aromatic carbocycles. The van der Waals surface area contributed by atoms with E-state index in [2.05, 4.69) is 30.6 Å². The van der Waals surface area contributed by atoms with E-state index in [1.54, 1.807) is 19.2 Å². The Morgan fingerprint density at radius 2 is 2.06 bits per heavy atom. The van der Waals surface area contributed by atoms with Gasteiger partial charge in [-0.15, -0.1) is 0 Å². The molecule has 11 heteroatoms. The molecule has 0 bridgehead atoms. The Labute approximate surface area is 191 Å². The molecule has 0 atom stereocenters. The van der Waals surface area contributed by atoms with E-state index in [1.807, 2.05) is 12.1 Å². The van der Waals surface area contributed by atoms with Crippen LogP contribution in [-0.2, 0) is 23.8 Å². The van der Waals surface area contributed by atoms with Crippen molar-refractivity contribution < 1.29 is 17.9 Å². The fourth-order valence-electron chi connectivity index (χ4n) is 3.22. The third-order valence-electron chi connectivity index (χ3n) is 5.00. The summed E-state index contributed by atoms with van der Waals surface area (Å²) in [6.45, 7) is 0.634. The number of anilines is 1. The molecule has 4 rings (SSSR count). The molecule has 0 saturated carbocycles. The highest BCUT2D eigenvalue weighted by Gasteiger charge is 2.33. The van der Waals surface area contributed by atoms with E-state index in [9.17, 15) is 18.4 Å². The molecule has 0 aliphatic rings. The second kappa shape index (κ2) is 9.15. The van der Waals surface area contributed by atoms with E-state index >= 15 is 0 Å². The second-order valence-electron chi connectivity index (χ2n) is 7.40. The van der Waals surface area contributed by atoms with Crippen LogP contribution in [0.15, 0.2) is 59.8 Å². The fourth-order valence-corrected chi connectivity index (χ4v) is 3.22. The maximum absolute atomic E-state index is 14.4. The van der Waals surface area contributed by atoms with Crippen LogP contribution in [0.25, 0.3) is 11.0 Å². The summed E-state index contributed by atoms with van der Waals surface area (Å²) in [5.41, 5.74) is 1.65. The number of aryl methyl sites for hydroxylation is 1. The van der Waals surface area contributed by atoms with E-state index in [-0.39, 0.29) is 23.2 Å². The lowest BCUT2D eigenvalue weighted by atomic mass is 10.2. The van der Waals surface area contributed by atoms with Crippen molar-refractivity contribution in [2.75, 3.05) is 11.9 Å². The number of nitrogens with zero attached hydrogens (tertiary/aromatic N) is 4. The zero-order valence-corrected chi connectivity index (χ0v) is 17.7. The normalized spacial score (nSPS) is 11.5. The minimum atomic E-state index is -3.31. The summed E-state index contributed by atoms with van der Waals surface area (Å²) in [6.07, 6.45) is 4.39. The quantitative estimate of drug-likeness (QED) is 0.373. The van der Waals surface area contributed by atoms with Crippen LogP contribution in [0.5, 0.6) is 0 Å². The van der Waals surface area contributed by atoms with Crippen LogP contribution in [0.1, 0.15) is 21.4 Å². The summed E-state index contributed by atoms with van der Waals surface area (Å²) < 4.78 is 29.9. The standard InChI is InChI=1S/C22H21F2N7O2.3H2/c1-14-10-28-20(29-13-22(23,24)18-4-2-3-8-26-18)21(33)31(14)12-19(32)27-11-15-5-6-16-17(30-15)7-9-25-16;;;/h2-10,25H,11-13H2,1H3,(H,27,32)(H,28,29);3*1H. The Balaban J connectivity index is 0.00000216. The number of fused-ring (bicyclic) bond motifs is 1. The molecule has 4 aromatic heterocycles. The molecule has 9 nitrogen and oxygen atoms in total. The second-order valence-corrected chi connectivity index (χ2v) is 7.40. The van der Waals surface area contributed by atoms with Crippen LogP contribution in [0.2, 0.25) is 0 Å². The molecule has 4 aromatic rings. The number of alkyl halides is 2. The molecule has 0 radical (unpaired) electrons. The Morgan fingerprint density at radius 3 is 2.85 bits per heavy atom. The van der Waals surface area contributed by atoms with Crippen molar-refractivity contribution in [1.29, 1.82) is 0 Å². The number of hydrogen-bond donors (Lipinski definition) is 3. The average Bonchev–Trinajstić information content (AvgIpc) is 3.28. The number of pyridine rings is 2. The van der Waals surface area contributed by atoms with Gasteiger partial charge in [-0.05, 0) is 37.3 Å². The number of amides is 1. The van der Waals surface area contributed by atoms with Crippen molar-refractivity contribution in [3.63, 3.8) is 0 Å². The molecular formula is C22H27F2N7O2. The van der Waals surface area contributed by atoms with Crippen molar-refractivity contribution in [2.45, 2.75) is 25.9 Å². The molecule has 1 amide bonds. The maximum atomic E-state index is 14.4. The summed E-state index contributed by atoms with van der Waals surface area (Å²) in [6, 6.07) is 9.67. The molecule has 3 N–H and O–H groups in total. The summed E-state index contributed by atoms with van der Waals surface area (Å²) in [5, 5.41) is 5.10. The number of H-pyrrole nitrogens is 1. The van der Waals surface area contributed by atoms with Crippen molar-refractivity contribution in [3.05, 3.63) is 82.4 Å². The van der Waals surface area contributed by atoms with Gasteiger partial charge in [-0.3, -0.25) is 19.1 Å². The van der Waals surface area contributed by atoms with Crippen molar-refractivity contribution in [3.8, 4) is 0 Å². The van der Waals surface area contributed by atoms with Gasteiger partial charge in [0.25, 0.3) is 5.56 Å². The van der Waals surface area contributed by atoms with Gasteiger partial charge in [0.15, 0.2) is 5.82 Å². The highest BCUT2D eigenvalue weighted by molar-refractivity contribution is 5.76. The van der Waals surface area contributed by atoms with Gasteiger partial charge >= 0.3 is 5.92 Å². The zero-order valence-electron chi connectivity index (χ0n) is 17.7. The van der Waals surface area contributed by atoms with E-state index in [1.165, 1.54) is 35.2 Å². The number of aromatic nitrogens is 5. The predicted molar refractivity (Wildman–Crippen MR) is 124 cm³/mol. The molecule has 0 aliphatic heterocycles. The first kappa shape index (κ1) is 22.1. The lowest BCUT2D eigenvalue weighted by Crippen LogP contribution is -2.36. The van der Waals surface area contributed by atoms with E-state index in [4.69, 9.17) is 0 Å². The van der Waals surface area contributed by atoms with Gasteiger partial charge in [-0.2, -0.15) is 8.78 Å². The lowest BCUT2D eigenvalue weighted by molar-refractivity contribution is -0.121. The fraction of sp³-hybridized carbons (Fsp3) is 0.227. The zero-order chi connectivity index (χ0) is 23.4. The number of halogens is 2. The summed E-state index contributed by atoms with van der Waals surface area (Å²) in [4.78, 5) is 40.2. The number of rotatable bonds is 8. The summed E-state index contributed by atoms with van der Waals surface area (Å²) >= 11 is 0. The van der Waals surface area contributed by atoms with Gasteiger partial charge in [-0.1, -0.05) is 6.07 Å². The van der Waals surface area contributed by atoms with Gasteiger partial charge in [0.1, 0.15) is 12.2 Å². The third kappa shape index (κ3) is 5.03. The van der Waals surface area contributed by atoms with Gasteiger partial charge in [0, 0.05) is 28.6 Å². The molecule has 0 spiro atoms. The number of aromatic amines is 1. The van der Waals surface area contributed by atoms with Crippen molar-refractivity contribution in [2.24, 2.45) is 0 Å². The monoisotopic (exact) mass is 459 g/mol. The number of hydrogen-bond acceptors (Lipinski definition) is 6. The van der Waals surface area contributed by atoms with Crippen LogP contribution in [0.3, 0.4) is 0 Å². The van der Waals surface area contributed by atoms with Crippen molar-refractivity contribution in [1.82, 2.24) is 29.8 Å².